The van der Waals surface area contributed by atoms with E-state index in [1.807, 2.05) is 12.1 Å². The standard InChI is InChI=1S/C14H16BrN3O2S/c1-10-8-12(15)13(16)9-14(10)21(19,20)18-7-4-11-2-5-17-6-3-11/h2-3,5-6,8-9,18H,4,7,16H2,1H3. The number of nitrogens with zero attached hydrogens (tertiary/aromatic N) is 1. The molecule has 0 spiro atoms. The van der Waals surface area contributed by atoms with E-state index < -0.39 is 10.0 Å². The van der Waals surface area contributed by atoms with E-state index in [9.17, 15) is 8.42 Å². The van der Waals surface area contributed by atoms with Gasteiger partial charge < -0.3 is 5.73 Å². The molecule has 0 aliphatic heterocycles. The number of hydrogen-bond acceptors (Lipinski definition) is 4. The maximum atomic E-state index is 12.3. The van der Waals surface area contributed by atoms with Crippen LogP contribution < -0.4 is 10.5 Å². The largest absolute Gasteiger partial charge is 0.398 e. The van der Waals surface area contributed by atoms with Gasteiger partial charge in [0, 0.05) is 29.1 Å². The van der Waals surface area contributed by atoms with E-state index in [4.69, 9.17) is 5.73 Å². The molecule has 0 fully saturated rings. The van der Waals surface area contributed by atoms with Crippen molar-refractivity contribution in [2.24, 2.45) is 0 Å². The summed E-state index contributed by atoms with van der Waals surface area (Å²) < 4.78 is 27.9. The lowest BCUT2D eigenvalue weighted by Crippen LogP contribution is -2.26. The molecule has 1 aromatic carbocycles. The lowest BCUT2D eigenvalue weighted by molar-refractivity contribution is 0.581. The number of benzene rings is 1. The Kier molecular flexibility index (Phi) is 4.97. The van der Waals surface area contributed by atoms with Crippen LogP contribution in [0.1, 0.15) is 11.1 Å². The van der Waals surface area contributed by atoms with Crippen LogP contribution in [0.3, 0.4) is 0 Å². The summed E-state index contributed by atoms with van der Waals surface area (Å²) in [6.07, 6.45) is 3.97. The number of aromatic nitrogens is 1. The Morgan fingerprint density at radius 3 is 2.62 bits per heavy atom. The summed E-state index contributed by atoms with van der Waals surface area (Å²) in [5, 5.41) is 0. The van der Waals surface area contributed by atoms with Crippen molar-refractivity contribution in [2.75, 3.05) is 12.3 Å². The van der Waals surface area contributed by atoms with Gasteiger partial charge in [0.2, 0.25) is 10.0 Å². The molecule has 0 radical (unpaired) electrons. The van der Waals surface area contributed by atoms with Gasteiger partial charge in [-0.05, 0) is 64.7 Å². The topological polar surface area (TPSA) is 85.1 Å². The second-order valence-electron chi connectivity index (χ2n) is 4.64. The molecule has 2 aromatic rings. The van der Waals surface area contributed by atoms with Gasteiger partial charge in [0.15, 0.2) is 0 Å². The summed E-state index contributed by atoms with van der Waals surface area (Å²) in [6.45, 7) is 2.06. The Morgan fingerprint density at radius 1 is 1.29 bits per heavy atom. The fourth-order valence-corrected chi connectivity index (χ4v) is 3.66. The second-order valence-corrected chi connectivity index (χ2v) is 7.23. The van der Waals surface area contributed by atoms with Crippen LogP contribution in [-0.4, -0.2) is 19.9 Å². The van der Waals surface area contributed by atoms with Crippen molar-refractivity contribution >= 4 is 31.6 Å². The summed E-state index contributed by atoms with van der Waals surface area (Å²) in [5.41, 5.74) is 7.83. The first-order valence-corrected chi connectivity index (χ1v) is 8.62. The van der Waals surface area contributed by atoms with Crippen LogP contribution in [0, 0.1) is 6.92 Å². The van der Waals surface area contributed by atoms with Crippen LogP contribution in [0.5, 0.6) is 0 Å². The van der Waals surface area contributed by atoms with Gasteiger partial charge in [0.1, 0.15) is 0 Å². The van der Waals surface area contributed by atoms with Gasteiger partial charge >= 0.3 is 0 Å². The van der Waals surface area contributed by atoms with Crippen LogP contribution in [0.15, 0.2) is 46.0 Å². The zero-order valence-corrected chi connectivity index (χ0v) is 13.9. The number of aryl methyl sites for hydroxylation is 1. The van der Waals surface area contributed by atoms with Gasteiger partial charge in [-0.15, -0.1) is 0 Å². The number of rotatable bonds is 5. The number of hydrogen-bond donors (Lipinski definition) is 2. The maximum Gasteiger partial charge on any atom is 0.240 e. The Bertz CT molecular complexity index is 733. The molecule has 0 aliphatic rings. The highest BCUT2D eigenvalue weighted by Crippen LogP contribution is 2.26. The second kappa shape index (κ2) is 6.55. The maximum absolute atomic E-state index is 12.3. The molecule has 3 N–H and O–H groups in total. The van der Waals surface area contributed by atoms with E-state index in [-0.39, 0.29) is 4.90 Å². The van der Waals surface area contributed by atoms with Crippen LogP contribution in [0.2, 0.25) is 0 Å². The number of nitrogens with two attached hydrogens (primary N) is 1. The first-order valence-electron chi connectivity index (χ1n) is 6.34. The quantitative estimate of drug-likeness (QED) is 0.791. The van der Waals surface area contributed by atoms with Gasteiger partial charge in [-0.1, -0.05) is 0 Å². The zero-order valence-electron chi connectivity index (χ0n) is 11.5. The van der Waals surface area contributed by atoms with E-state index in [1.54, 1.807) is 25.4 Å². The first-order chi connectivity index (χ1) is 9.90. The molecule has 0 saturated heterocycles. The van der Waals surface area contributed by atoms with Crippen molar-refractivity contribution in [3.63, 3.8) is 0 Å². The molecule has 1 heterocycles. The third kappa shape index (κ3) is 4.03. The minimum atomic E-state index is -3.57. The molecule has 112 valence electrons. The minimum Gasteiger partial charge on any atom is -0.398 e. The molecule has 2 rings (SSSR count). The average molecular weight is 370 g/mol. The van der Waals surface area contributed by atoms with Crippen molar-refractivity contribution in [1.29, 1.82) is 0 Å². The molecule has 7 heteroatoms. The monoisotopic (exact) mass is 369 g/mol. The van der Waals surface area contributed by atoms with E-state index in [2.05, 4.69) is 25.6 Å². The van der Waals surface area contributed by atoms with E-state index in [0.29, 0.717) is 28.7 Å². The van der Waals surface area contributed by atoms with Crippen LogP contribution in [0.25, 0.3) is 0 Å². The average Bonchev–Trinajstić information content (AvgIpc) is 2.43. The predicted molar refractivity (Wildman–Crippen MR) is 86.4 cm³/mol. The van der Waals surface area contributed by atoms with Gasteiger partial charge in [0.05, 0.1) is 4.90 Å². The van der Waals surface area contributed by atoms with E-state index in [0.717, 1.165) is 5.56 Å². The molecular weight excluding hydrogens is 354 g/mol. The Morgan fingerprint density at radius 2 is 1.95 bits per heavy atom. The molecule has 0 atom stereocenters. The molecule has 5 nitrogen and oxygen atoms in total. The van der Waals surface area contributed by atoms with Crippen molar-refractivity contribution in [2.45, 2.75) is 18.2 Å². The summed E-state index contributed by atoms with van der Waals surface area (Å²) in [5.74, 6) is 0. The highest BCUT2D eigenvalue weighted by atomic mass is 79.9. The van der Waals surface area contributed by atoms with Crippen molar-refractivity contribution in [3.8, 4) is 0 Å². The summed E-state index contributed by atoms with van der Waals surface area (Å²) in [6, 6.07) is 6.88. The molecular formula is C14H16BrN3O2S. The molecule has 21 heavy (non-hydrogen) atoms. The number of anilines is 1. The summed E-state index contributed by atoms with van der Waals surface area (Å²) in [4.78, 5) is 4.13. The lowest BCUT2D eigenvalue weighted by atomic mass is 10.2. The predicted octanol–water partition coefficient (Wildman–Crippen LogP) is 2.26. The number of halogens is 1. The lowest BCUT2D eigenvalue weighted by Gasteiger charge is -2.11. The van der Waals surface area contributed by atoms with Gasteiger partial charge in [-0.3, -0.25) is 4.98 Å². The van der Waals surface area contributed by atoms with Crippen molar-refractivity contribution < 1.29 is 8.42 Å². The summed E-state index contributed by atoms with van der Waals surface area (Å²) in [7, 11) is -3.57. The Balaban J connectivity index is 2.10. The number of nitrogen functional groups attached to an aromatic ring is 1. The molecule has 0 amide bonds. The van der Waals surface area contributed by atoms with E-state index in [1.165, 1.54) is 6.07 Å². The van der Waals surface area contributed by atoms with Crippen molar-refractivity contribution in [3.05, 3.63) is 52.3 Å². The van der Waals surface area contributed by atoms with Crippen LogP contribution >= 0.6 is 15.9 Å². The summed E-state index contributed by atoms with van der Waals surface area (Å²) >= 11 is 3.28. The van der Waals surface area contributed by atoms with Gasteiger partial charge in [-0.25, -0.2) is 13.1 Å². The first kappa shape index (κ1) is 15.9. The number of pyridine rings is 1. The third-order valence-corrected chi connectivity index (χ3v) is 5.33. The molecule has 0 saturated carbocycles. The molecule has 1 aromatic heterocycles. The molecule has 0 aliphatic carbocycles. The smallest absolute Gasteiger partial charge is 0.240 e. The van der Waals surface area contributed by atoms with Gasteiger partial charge in [-0.2, -0.15) is 0 Å². The van der Waals surface area contributed by atoms with Crippen LogP contribution in [0.4, 0.5) is 5.69 Å². The molecule has 0 unspecified atom stereocenters. The minimum absolute atomic E-state index is 0.206. The molecule has 0 bridgehead atoms. The highest BCUT2D eigenvalue weighted by Gasteiger charge is 2.17. The normalized spacial score (nSPS) is 11.5. The van der Waals surface area contributed by atoms with E-state index >= 15 is 0 Å². The fraction of sp³-hybridized carbons (Fsp3) is 0.214. The van der Waals surface area contributed by atoms with Crippen LogP contribution in [-0.2, 0) is 16.4 Å². The Hall–Kier alpha value is -1.44. The number of sulfonamides is 1. The zero-order chi connectivity index (χ0) is 15.5. The van der Waals surface area contributed by atoms with Crippen molar-refractivity contribution in [1.82, 2.24) is 9.71 Å². The van der Waals surface area contributed by atoms with Gasteiger partial charge in [0.25, 0.3) is 0 Å². The highest BCUT2D eigenvalue weighted by molar-refractivity contribution is 9.10. The third-order valence-electron chi connectivity index (χ3n) is 3.04. The fourth-order valence-electron chi connectivity index (χ4n) is 1.92. The Labute approximate surface area is 132 Å². The SMILES string of the molecule is Cc1cc(Br)c(N)cc1S(=O)(=O)NCCc1ccncc1. The number of nitrogens with one attached hydrogen (secondary N) is 1.